The molecule has 0 aromatic heterocycles. The quantitative estimate of drug-likeness (QED) is 0.757. The molecule has 0 aromatic rings. The van der Waals surface area contributed by atoms with Gasteiger partial charge in [0.1, 0.15) is 0 Å². The highest BCUT2D eigenvalue weighted by atomic mass is 16.3. The van der Waals surface area contributed by atoms with Crippen molar-refractivity contribution in [3.05, 3.63) is 11.1 Å². The maximum atomic E-state index is 11.9. The summed E-state index contributed by atoms with van der Waals surface area (Å²) in [5.41, 5.74) is 2.77. The third-order valence-corrected chi connectivity index (χ3v) is 5.56. The highest BCUT2D eigenvalue weighted by Gasteiger charge is 2.60. The molecule has 2 fully saturated rings. The van der Waals surface area contributed by atoms with E-state index in [4.69, 9.17) is 0 Å². The van der Waals surface area contributed by atoms with Crippen molar-refractivity contribution in [1.82, 2.24) is 0 Å². The molecular formula is C15H22O2. The summed E-state index contributed by atoms with van der Waals surface area (Å²) in [4.78, 5) is 11.9. The van der Waals surface area contributed by atoms with Crippen LogP contribution >= 0.6 is 0 Å². The third-order valence-electron chi connectivity index (χ3n) is 5.56. The lowest BCUT2D eigenvalue weighted by Crippen LogP contribution is -2.27. The smallest absolute Gasteiger partial charge is 0.161 e. The number of fused-ring (bicyclic) bond motifs is 3. The second kappa shape index (κ2) is 3.23. The van der Waals surface area contributed by atoms with Crippen LogP contribution in [0.5, 0.6) is 0 Å². The van der Waals surface area contributed by atoms with E-state index >= 15 is 0 Å². The lowest BCUT2D eigenvalue weighted by atomic mass is 9.71. The van der Waals surface area contributed by atoms with Crippen LogP contribution < -0.4 is 0 Å². The molecule has 0 amide bonds. The van der Waals surface area contributed by atoms with Gasteiger partial charge < -0.3 is 5.11 Å². The van der Waals surface area contributed by atoms with E-state index in [1.54, 1.807) is 0 Å². The summed E-state index contributed by atoms with van der Waals surface area (Å²) < 4.78 is 0. The van der Waals surface area contributed by atoms with Gasteiger partial charge in [0.05, 0.1) is 6.61 Å². The van der Waals surface area contributed by atoms with Crippen LogP contribution in [0.25, 0.3) is 0 Å². The molecule has 17 heavy (non-hydrogen) atoms. The molecule has 3 aliphatic rings. The zero-order valence-electron chi connectivity index (χ0n) is 11.0. The zero-order valence-corrected chi connectivity index (χ0v) is 11.0. The maximum Gasteiger partial charge on any atom is 0.161 e. The highest BCUT2D eigenvalue weighted by molar-refractivity contribution is 5.99. The third kappa shape index (κ3) is 1.33. The van der Waals surface area contributed by atoms with Crippen LogP contribution in [0.15, 0.2) is 11.1 Å². The average molecular weight is 234 g/mol. The van der Waals surface area contributed by atoms with Gasteiger partial charge in [-0.15, -0.1) is 0 Å². The van der Waals surface area contributed by atoms with E-state index < -0.39 is 0 Å². The summed E-state index contributed by atoms with van der Waals surface area (Å²) in [6.07, 6.45) is 4.34. The minimum Gasteiger partial charge on any atom is -0.392 e. The van der Waals surface area contributed by atoms with Crippen molar-refractivity contribution in [2.75, 3.05) is 6.61 Å². The van der Waals surface area contributed by atoms with Gasteiger partial charge in [0.2, 0.25) is 0 Å². The number of rotatable bonds is 1. The number of aliphatic hydroxyl groups excluding tert-OH is 1. The normalized spacial score (nSPS) is 43.2. The van der Waals surface area contributed by atoms with E-state index in [1.807, 2.05) is 0 Å². The van der Waals surface area contributed by atoms with Crippen molar-refractivity contribution in [1.29, 1.82) is 0 Å². The summed E-state index contributed by atoms with van der Waals surface area (Å²) in [6, 6.07) is 0. The number of hydrogen-bond donors (Lipinski definition) is 1. The van der Waals surface area contributed by atoms with E-state index in [0.29, 0.717) is 29.1 Å². The molecule has 0 bridgehead atoms. The monoisotopic (exact) mass is 234 g/mol. The summed E-state index contributed by atoms with van der Waals surface area (Å²) in [5, 5.41) is 9.48. The SMILES string of the molecule is CC1(C)CC[C@@]2(C)C[C@@H]3CC(=O)C(CO)=C3[C@@H]12. The minimum atomic E-state index is -0.0483. The molecule has 3 rings (SSSR count). The number of carbonyl (C=O) groups is 1. The molecule has 2 heteroatoms. The molecule has 0 spiro atoms. The van der Waals surface area contributed by atoms with Crippen LogP contribution in [0.1, 0.15) is 46.5 Å². The van der Waals surface area contributed by atoms with E-state index in [1.165, 1.54) is 18.4 Å². The molecular weight excluding hydrogens is 212 g/mol. The van der Waals surface area contributed by atoms with Crippen LogP contribution in [-0.4, -0.2) is 17.5 Å². The van der Waals surface area contributed by atoms with E-state index in [-0.39, 0.29) is 12.4 Å². The molecule has 0 heterocycles. The van der Waals surface area contributed by atoms with Crippen molar-refractivity contribution in [2.45, 2.75) is 46.5 Å². The van der Waals surface area contributed by atoms with Crippen LogP contribution in [0.4, 0.5) is 0 Å². The lowest BCUT2D eigenvalue weighted by Gasteiger charge is -2.33. The average Bonchev–Trinajstić information content (AvgIpc) is 2.73. The number of hydrogen-bond acceptors (Lipinski definition) is 2. The first kappa shape index (κ1) is 11.5. The van der Waals surface area contributed by atoms with Gasteiger partial charge >= 0.3 is 0 Å². The molecule has 0 aliphatic heterocycles. The number of allylic oxidation sites excluding steroid dienone is 1. The first-order valence-electron chi connectivity index (χ1n) is 6.76. The van der Waals surface area contributed by atoms with Gasteiger partial charge in [0.25, 0.3) is 0 Å². The number of ketones is 1. The Morgan fingerprint density at radius 2 is 2.00 bits per heavy atom. The summed E-state index contributed by atoms with van der Waals surface area (Å²) in [7, 11) is 0. The summed E-state index contributed by atoms with van der Waals surface area (Å²) in [6.45, 7) is 7.00. The first-order chi connectivity index (χ1) is 7.89. The molecule has 0 aromatic carbocycles. The number of carbonyl (C=O) groups excluding carboxylic acids is 1. The molecule has 0 radical (unpaired) electrons. The molecule has 94 valence electrons. The molecule has 0 saturated heterocycles. The van der Waals surface area contributed by atoms with Gasteiger partial charge in [-0.1, -0.05) is 26.3 Å². The maximum absolute atomic E-state index is 11.9. The number of aliphatic hydroxyl groups is 1. The molecule has 2 nitrogen and oxygen atoms in total. The Morgan fingerprint density at radius 1 is 1.29 bits per heavy atom. The fourth-order valence-electron chi connectivity index (χ4n) is 5.05. The topological polar surface area (TPSA) is 37.3 Å². The standard InChI is InChI=1S/C15H22O2/c1-14(2)4-5-15(3)7-9-6-11(17)10(8-16)12(9)13(14)15/h9,13,16H,4-8H2,1-3H3/t9-,13-,15-/m0/s1. The molecule has 1 N–H and O–H groups in total. The van der Waals surface area contributed by atoms with Gasteiger partial charge in [-0.2, -0.15) is 0 Å². The first-order valence-corrected chi connectivity index (χ1v) is 6.76. The Kier molecular flexibility index (Phi) is 2.17. The molecule has 0 unspecified atom stereocenters. The van der Waals surface area contributed by atoms with Crippen LogP contribution in [0.3, 0.4) is 0 Å². The second-order valence-electron chi connectivity index (χ2n) is 7.20. The largest absolute Gasteiger partial charge is 0.392 e. The summed E-state index contributed by atoms with van der Waals surface area (Å²) >= 11 is 0. The van der Waals surface area contributed by atoms with Crippen molar-refractivity contribution in [3.8, 4) is 0 Å². The fraction of sp³-hybridized carbons (Fsp3) is 0.800. The molecule has 3 atom stereocenters. The van der Waals surface area contributed by atoms with Crippen LogP contribution in [0, 0.1) is 22.7 Å². The Morgan fingerprint density at radius 3 is 2.65 bits per heavy atom. The van der Waals surface area contributed by atoms with Crippen molar-refractivity contribution in [2.24, 2.45) is 22.7 Å². The predicted molar refractivity (Wildman–Crippen MR) is 66.5 cm³/mol. The predicted octanol–water partition coefficient (Wildman–Crippen LogP) is 2.71. The molecule has 2 saturated carbocycles. The van der Waals surface area contributed by atoms with Crippen LogP contribution in [0.2, 0.25) is 0 Å². The van der Waals surface area contributed by atoms with E-state index in [9.17, 15) is 9.90 Å². The van der Waals surface area contributed by atoms with Crippen molar-refractivity contribution in [3.63, 3.8) is 0 Å². The van der Waals surface area contributed by atoms with Crippen molar-refractivity contribution >= 4 is 5.78 Å². The van der Waals surface area contributed by atoms with E-state index in [2.05, 4.69) is 20.8 Å². The number of Topliss-reactive ketones (excluding diaryl/α,β-unsaturated/α-hetero) is 1. The van der Waals surface area contributed by atoms with Gasteiger partial charge in [0, 0.05) is 12.0 Å². The zero-order chi connectivity index (χ0) is 12.4. The van der Waals surface area contributed by atoms with Crippen LogP contribution in [-0.2, 0) is 4.79 Å². The van der Waals surface area contributed by atoms with Gasteiger partial charge in [0.15, 0.2) is 5.78 Å². The summed E-state index contributed by atoms with van der Waals surface area (Å²) in [5.74, 6) is 1.17. The second-order valence-corrected chi connectivity index (χ2v) is 7.20. The minimum absolute atomic E-state index is 0.0483. The Balaban J connectivity index is 2.13. The van der Waals surface area contributed by atoms with Gasteiger partial charge in [-0.3, -0.25) is 4.79 Å². The molecule has 3 aliphatic carbocycles. The van der Waals surface area contributed by atoms with Gasteiger partial charge in [-0.25, -0.2) is 0 Å². The highest BCUT2D eigenvalue weighted by Crippen LogP contribution is 2.67. The van der Waals surface area contributed by atoms with Gasteiger partial charge in [-0.05, 0) is 41.9 Å². The van der Waals surface area contributed by atoms with E-state index in [0.717, 1.165) is 12.0 Å². The Hall–Kier alpha value is -0.630. The Bertz CT molecular complexity index is 419. The van der Waals surface area contributed by atoms with Crippen molar-refractivity contribution < 1.29 is 9.90 Å². The fourth-order valence-corrected chi connectivity index (χ4v) is 5.05. The lowest BCUT2D eigenvalue weighted by molar-refractivity contribution is -0.115. The Labute approximate surface area is 103 Å².